The van der Waals surface area contributed by atoms with Crippen LogP contribution in [0, 0.1) is 0 Å². The van der Waals surface area contributed by atoms with Gasteiger partial charge in [-0.15, -0.1) is 0 Å². The first kappa shape index (κ1) is 12.7. The van der Waals surface area contributed by atoms with Crippen molar-refractivity contribution in [3.63, 3.8) is 0 Å². The molecule has 0 saturated heterocycles. The van der Waals surface area contributed by atoms with Gasteiger partial charge in [-0.25, -0.2) is 13.1 Å². The SMILES string of the molecule is CO[C@@H](C)CS(=O)(=O)N[C@@H]1C=CCCC1. The lowest BCUT2D eigenvalue weighted by atomic mass is 10.0. The molecule has 1 N–H and O–H groups in total. The molecule has 1 aliphatic carbocycles. The summed E-state index contributed by atoms with van der Waals surface area (Å²) in [5.74, 6) is 0.0217. The molecule has 0 amide bonds. The third-order valence-corrected chi connectivity index (χ3v) is 4.01. The second kappa shape index (κ2) is 5.63. The van der Waals surface area contributed by atoms with E-state index in [1.807, 2.05) is 12.2 Å². The van der Waals surface area contributed by atoms with Crippen LogP contribution >= 0.6 is 0 Å². The van der Waals surface area contributed by atoms with Crippen molar-refractivity contribution >= 4 is 10.0 Å². The molecular weight excluding hydrogens is 214 g/mol. The van der Waals surface area contributed by atoms with Gasteiger partial charge < -0.3 is 4.74 Å². The second-order valence-corrected chi connectivity index (χ2v) is 5.71. The highest BCUT2D eigenvalue weighted by molar-refractivity contribution is 7.89. The van der Waals surface area contributed by atoms with E-state index < -0.39 is 10.0 Å². The number of rotatable bonds is 5. The summed E-state index contributed by atoms with van der Waals surface area (Å²) in [7, 11) is -1.70. The van der Waals surface area contributed by atoms with Crippen molar-refractivity contribution in [2.45, 2.75) is 38.3 Å². The van der Waals surface area contributed by atoms with Gasteiger partial charge in [0.05, 0.1) is 11.9 Å². The highest BCUT2D eigenvalue weighted by Crippen LogP contribution is 2.11. The molecule has 0 aromatic carbocycles. The largest absolute Gasteiger partial charge is 0.381 e. The molecule has 1 aliphatic rings. The maximum Gasteiger partial charge on any atom is 0.214 e. The van der Waals surface area contributed by atoms with Crippen LogP contribution in [0.4, 0.5) is 0 Å². The van der Waals surface area contributed by atoms with Crippen LogP contribution in [0.1, 0.15) is 26.2 Å². The third-order valence-electron chi connectivity index (χ3n) is 2.44. The van der Waals surface area contributed by atoms with Crippen molar-refractivity contribution in [2.75, 3.05) is 12.9 Å². The fourth-order valence-corrected chi connectivity index (χ4v) is 3.07. The Hall–Kier alpha value is -0.390. The summed E-state index contributed by atoms with van der Waals surface area (Å²) in [6, 6.07) is -0.0344. The van der Waals surface area contributed by atoms with Gasteiger partial charge in [-0.3, -0.25) is 0 Å². The minimum atomic E-state index is -3.22. The van der Waals surface area contributed by atoms with Crippen molar-refractivity contribution in [2.24, 2.45) is 0 Å². The lowest BCUT2D eigenvalue weighted by molar-refractivity contribution is 0.136. The van der Waals surface area contributed by atoms with E-state index in [2.05, 4.69) is 4.72 Å². The van der Waals surface area contributed by atoms with E-state index in [1.54, 1.807) is 6.92 Å². The van der Waals surface area contributed by atoms with Gasteiger partial charge in [-0.2, -0.15) is 0 Å². The van der Waals surface area contributed by atoms with E-state index in [-0.39, 0.29) is 17.9 Å². The Morgan fingerprint density at radius 3 is 2.87 bits per heavy atom. The Balaban J connectivity index is 2.48. The maximum atomic E-state index is 11.6. The molecule has 0 fully saturated rings. The highest BCUT2D eigenvalue weighted by Gasteiger charge is 2.19. The molecule has 15 heavy (non-hydrogen) atoms. The highest BCUT2D eigenvalue weighted by atomic mass is 32.2. The second-order valence-electron chi connectivity index (χ2n) is 3.91. The van der Waals surface area contributed by atoms with Gasteiger partial charge in [-0.1, -0.05) is 12.2 Å². The quantitative estimate of drug-likeness (QED) is 0.722. The predicted molar refractivity (Wildman–Crippen MR) is 60.2 cm³/mol. The standard InChI is InChI=1S/C10H19NO3S/c1-9(14-2)8-15(12,13)11-10-6-4-3-5-7-10/h4,6,9-11H,3,5,7-8H2,1-2H3/t9-,10+/m0/s1. The van der Waals surface area contributed by atoms with E-state index in [0.29, 0.717) is 0 Å². The van der Waals surface area contributed by atoms with Crippen molar-refractivity contribution < 1.29 is 13.2 Å². The smallest absolute Gasteiger partial charge is 0.214 e. The van der Waals surface area contributed by atoms with Gasteiger partial charge in [0.15, 0.2) is 0 Å². The van der Waals surface area contributed by atoms with Gasteiger partial charge in [0.25, 0.3) is 0 Å². The van der Waals surface area contributed by atoms with Crippen molar-refractivity contribution in [3.8, 4) is 0 Å². The summed E-state index contributed by atoms with van der Waals surface area (Å²) >= 11 is 0. The van der Waals surface area contributed by atoms with Crippen LogP contribution < -0.4 is 4.72 Å². The van der Waals surface area contributed by atoms with E-state index >= 15 is 0 Å². The molecule has 4 nitrogen and oxygen atoms in total. The molecule has 0 saturated carbocycles. The van der Waals surface area contributed by atoms with Crippen LogP contribution in [0.15, 0.2) is 12.2 Å². The summed E-state index contributed by atoms with van der Waals surface area (Å²) in [4.78, 5) is 0. The normalized spacial score (nSPS) is 24.0. The summed E-state index contributed by atoms with van der Waals surface area (Å²) in [6.07, 6.45) is 6.66. The van der Waals surface area contributed by atoms with Crippen LogP contribution in [0.25, 0.3) is 0 Å². The van der Waals surface area contributed by atoms with Crippen LogP contribution in [0.3, 0.4) is 0 Å². The average molecular weight is 233 g/mol. The van der Waals surface area contributed by atoms with Crippen LogP contribution in [0.5, 0.6) is 0 Å². The Morgan fingerprint density at radius 1 is 1.60 bits per heavy atom. The molecule has 0 heterocycles. The van der Waals surface area contributed by atoms with Crippen LogP contribution in [0.2, 0.25) is 0 Å². The molecule has 1 rings (SSSR count). The molecule has 2 atom stereocenters. The lowest BCUT2D eigenvalue weighted by Crippen LogP contribution is -2.38. The molecule has 0 radical (unpaired) electrons. The maximum absolute atomic E-state index is 11.6. The van der Waals surface area contributed by atoms with E-state index in [4.69, 9.17) is 4.74 Å². The van der Waals surface area contributed by atoms with Gasteiger partial charge in [0, 0.05) is 13.2 Å². The van der Waals surface area contributed by atoms with Gasteiger partial charge in [0.2, 0.25) is 10.0 Å². The number of sulfonamides is 1. The van der Waals surface area contributed by atoms with E-state index in [0.717, 1.165) is 19.3 Å². The fourth-order valence-electron chi connectivity index (χ4n) is 1.57. The van der Waals surface area contributed by atoms with Crippen molar-refractivity contribution in [1.82, 2.24) is 4.72 Å². The number of hydrogen-bond donors (Lipinski definition) is 1. The first-order chi connectivity index (χ1) is 7.03. The third kappa shape index (κ3) is 4.77. The average Bonchev–Trinajstić information content (AvgIpc) is 2.17. The topological polar surface area (TPSA) is 55.4 Å². The molecule has 0 unspecified atom stereocenters. The summed E-state index contributed by atoms with van der Waals surface area (Å²) in [5.41, 5.74) is 0. The number of allylic oxidation sites excluding steroid dienone is 1. The minimum absolute atomic E-state index is 0.0217. The lowest BCUT2D eigenvalue weighted by Gasteiger charge is -2.19. The van der Waals surface area contributed by atoms with Gasteiger partial charge in [-0.05, 0) is 26.2 Å². The van der Waals surface area contributed by atoms with Crippen LogP contribution in [-0.4, -0.2) is 33.4 Å². The van der Waals surface area contributed by atoms with E-state index in [9.17, 15) is 8.42 Å². The molecule has 0 spiro atoms. The summed E-state index contributed by atoms with van der Waals surface area (Å²) in [5, 5.41) is 0. The van der Waals surface area contributed by atoms with Crippen molar-refractivity contribution in [3.05, 3.63) is 12.2 Å². The van der Waals surface area contributed by atoms with Gasteiger partial charge >= 0.3 is 0 Å². The molecule has 0 aromatic rings. The molecular formula is C10H19NO3S. The zero-order valence-electron chi connectivity index (χ0n) is 9.27. The summed E-state index contributed by atoms with van der Waals surface area (Å²) in [6.45, 7) is 1.75. The number of ether oxygens (including phenoxy) is 1. The zero-order valence-corrected chi connectivity index (χ0v) is 10.1. The Morgan fingerprint density at radius 2 is 2.33 bits per heavy atom. The molecule has 0 aliphatic heterocycles. The van der Waals surface area contributed by atoms with Crippen molar-refractivity contribution in [1.29, 1.82) is 0 Å². The summed E-state index contributed by atoms with van der Waals surface area (Å²) < 4.78 is 30.9. The number of nitrogens with one attached hydrogen (secondary N) is 1. The monoisotopic (exact) mass is 233 g/mol. The molecule has 0 bridgehead atoms. The number of methoxy groups -OCH3 is 1. The Kier molecular flexibility index (Phi) is 4.76. The first-order valence-electron chi connectivity index (χ1n) is 5.23. The minimum Gasteiger partial charge on any atom is -0.381 e. The van der Waals surface area contributed by atoms with Gasteiger partial charge in [0.1, 0.15) is 0 Å². The Bertz CT molecular complexity index is 311. The molecule has 5 heteroatoms. The fraction of sp³-hybridized carbons (Fsp3) is 0.800. The van der Waals surface area contributed by atoms with Crippen LogP contribution in [-0.2, 0) is 14.8 Å². The zero-order chi connectivity index (χ0) is 11.3. The predicted octanol–water partition coefficient (Wildman–Crippen LogP) is 1.05. The Labute approximate surface area is 91.8 Å². The number of hydrogen-bond acceptors (Lipinski definition) is 3. The molecule has 0 aromatic heterocycles. The first-order valence-corrected chi connectivity index (χ1v) is 6.88. The van der Waals surface area contributed by atoms with E-state index in [1.165, 1.54) is 7.11 Å². The molecule has 88 valence electrons.